The zero-order chi connectivity index (χ0) is 12.9. The number of hydrogen-bond donors (Lipinski definition) is 2. The first kappa shape index (κ1) is 14.4. The molecule has 1 atom stereocenters. The van der Waals surface area contributed by atoms with Crippen LogP contribution in [0.5, 0.6) is 0 Å². The topological polar surface area (TPSA) is 69.8 Å². The number of aliphatic carboxylic acids is 1. The molecule has 1 fully saturated rings. The van der Waals surface area contributed by atoms with Crippen molar-refractivity contribution in [1.82, 2.24) is 9.80 Å². The molecule has 5 nitrogen and oxygen atoms in total. The Morgan fingerprint density at radius 3 is 2.12 bits per heavy atom. The second-order valence-electron chi connectivity index (χ2n) is 5.16. The fraction of sp³-hybridized carbons (Fsp3) is 0.917. The van der Waals surface area contributed by atoms with E-state index < -0.39 is 11.5 Å². The van der Waals surface area contributed by atoms with E-state index in [1.54, 1.807) is 6.92 Å². The lowest BCUT2D eigenvalue weighted by molar-refractivity contribution is -0.143. The summed E-state index contributed by atoms with van der Waals surface area (Å²) in [6.07, 6.45) is 1.70. The van der Waals surface area contributed by atoms with E-state index in [0.29, 0.717) is 6.42 Å². The van der Waals surface area contributed by atoms with Gasteiger partial charge in [-0.25, -0.2) is 0 Å². The molecule has 0 radical (unpaired) electrons. The molecule has 0 bridgehead atoms. The minimum absolute atomic E-state index is 0.510. The Hall–Kier alpha value is -0.650. The summed E-state index contributed by atoms with van der Waals surface area (Å²) < 4.78 is 0. The maximum atomic E-state index is 10.9. The molecule has 0 aliphatic carbocycles. The van der Waals surface area contributed by atoms with E-state index in [9.17, 15) is 4.79 Å². The van der Waals surface area contributed by atoms with Gasteiger partial charge in [0.15, 0.2) is 0 Å². The Morgan fingerprint density at radius 1 is 1.24 bits per heavy atom. The molecule has 1 rings (SSSR count). The first-order chi connectivity index (χ1) is 7.95. The van der Waals surface area contributed by atoms with Crippen molar-refractivity contribution in [3.63, 3.8) is 0 Å². The summed E-state index contributed by atoms with van der Waals surface area (Å²) in [5.74, 6) is -0.915. The van der Waals surface area contributed by atoms with Crippen LogP contribution < -0.4 is 5.73 Å². The first-order valence-corrected chi connectivity index (χ1v) is 6.42. The third kappa shape index (κ3) is 4.61. The first-order valence-electron chi connectivity index (χ1n) is 6.42. The standard InChI is InChI=1S/C12H25N3O2/c1-3-5-14-7-9-15(10-8-14)6-4-12(2,13)11(16)17/h3-10,13H2,1-2H3,(H,16,17). The van der Waals surface area contributed by atoms with Gasteiger partial charge in [-0.15, -0.1) is 0 Å². The summed E-state index contributed by atoms with van der Waals surface area (Å²) in [5.41, 5.74) is 4.62. The van der Waals surface area contributed by atoms with Crippen molar-refractivity contribution in [2.75, 3.05) is 39.3 Å². The normalized spacial score (nSPS) is 22.3. The number of hydrogen-bond acceptors (Lipinski definition) is 4. The third-order valence-corrected chi connectivity index (χ3v) is 3.44. The zero-order valence-electron chi connectivity index (χ0n) is 11.0. The molecular formula is C12H25N3O2. The van der Waals surface area contributed by atoms with Gasteiger partial charge in [0, 0.05) is 32.7 Å². The summed E-state index contributed by atoms with van der Waals surface area (Å²) in [7, 11) is 0. The highest BCUT2D eigenvalue weighted by molar-refractivity contribution is 5.77. The van der Waals surface area contributed by atoms with E-state index in [1.807, 2.05) is 0 Å². The minimum atomic E-state index is -1.10. The summed E-state index contributed by atoms with van der Waals surface area (Å²) in [6.45, 7) is 9.94. The highest BCUT2D eigenvalue weighted by atomic mass is 16.4. The van der Waals surface area contributed by atoms with E-state index in [0.717, 1.165) is 39.3 Å². The second kappa shape index (κ2) is 6.33. The van der Waals surface area contributed by atoms with Crippen molar-refractivity contribution in [1.29, 1.82) is 0 Å². The Kier molecular flexibility index (Phi) is 5.36. The highest BCUT2D eigenvalue weighted by Gasteiger charge is 2.28. The van der Waals surface area contributed by atoms with E-state index in [1.165, 1.54) is 6.42 Å². The lowest BCUT2D eigenvalue weighted by atomic mass is 9.99. The van der Waals surface area contributed by atoms with E-state index in [-0.39, 0.29) is 0 Å². The maximum Gasteiger partial charge on any atom is 0.323 e. The van der Waals surface area contributed by atoms with E-state index >= 15 is 0 Å². The van der Waals surface area contributed by atoms with E-state index in [2.05, 4.69) is 16.7 Å². The van der Waals surface area contributed by atoms with Gasteiger partial charge in [0.1, 0.15) is 5.54 Å². The average molecular weight is 243 g/mol. The van der Waals surface area contributed by atoms with Gasteiger partial charge in [-0.05, 0) is 26.3 Å². The van der Waals surface area contributed by atoms with Gasteiger partial charge in [0.2, 0.25) is 0 Å². The molecule has 3 N–H and O–H groups in total. The van der Waals surface area contributed by atoms with Gasteiger partial charge in [-0.2, -0.15) is 0 Å². The van der Waals surface area contributed by atoms with Crippen LogP contribution in [-0.4, -0.2) is 65.7 Å². The predicted molar refractivity (Wildman–Crippen MR) is 68.0 cm³/mol. The molecule has 0 aromatic carbocycles. The lowest BCUT2D eigenvalue weighted by Crippen LogP contribution is -2.51. The number of piperazine rings is 1. The molecule has 1 aliphatic heterocycles. The molecule has 0 aromatic rings. The molecule has 5 heteroatoms. The molecule has 17 heavy (non-hydrogen) atoms. The quantitative estimate of drug-likeness (QED) is 0.698. The van der Waals surface area contributed by atoms with Crippen LogP contribution in [-0.2, 0) is 4.79 Å². The van der Waals surface area contributed by atoms with Crippen LogP contribution in [0.15, 0.2) is 0 Å². The van der Waals surface area contributed by atoms with Crippen LogP contribution in [0, 0.1) is 0 Å². The molecule has 0 spiro atoms. The monoisotopic (exact) mass is 243 g/mol. The molecular weight excluding hydrogens is 218 g/mol. The molecule has 1 heterocycles. The average Bonchev–Trinajstić information content (AvgIpc) is 2.28. The number of carbonyl (C=O) groups is 1. The fourth-order valence-corrected chi connectivity index (χ4v) is 2.05. The van der Waals surface area contributed by atoms with E-state index in [4.69, 9.17) is 10.8 Å². The van der Waals surface area contributed by atoms with Gasteiger partial charge in [-0.1, -0.05) is 6.92 Å². The smallest absolute Gasteiger partial charge is 0.323 e. The summed E-state index contributed by atoms with van der Waals surface area (Å²) >= 11 is 0. The largest absolute Gasteiger partial charge is 0.480 e. The SMILES string of the molecule is CCCN1CCN(CCC(C)(N)C(=O)O)CC1. The molecule has 1 saturated heterocycles. The van der Waals surface area contributed by atoms with Crippen LogP contribution in [0.2, 0.25) is 0 Å². The number of nitrogens with zero attached hydrogens (tertiary/aromatic N) is 2. The fourth-order valence-electron chi connectivity index (χ4n) is 2.05. The van der Waals surface area contributed by atoms with Crippen molar-refractivity contribution in [2.45, 2.75) is 32.2 Å². The van der Waals surface area contributed by atoms with Crippen molar-refractivity contribution >= 4 is 5.97 Å². The zero-order valence-corrected chi connectivity index (χ0v) is 11.0. The van der Waals surface area contributed by atoms with Crippen LogP contribution in [0.4, 0.5) is 0 Å². The lowest BCUT2D eigenvalue weighted by Gasteiger charge is -2.35. The number of nitrogens with two attached hydrogens (primary N) is 1. The van der Waals surface area contributed by atoms with Crippen LogP contribution in [0.1, 0.15) is 26.7 Å². The van der Waals surface area contributed by atoms with Gasteiger partial charge >= 0.3 is 5.97 Å². The highest BCUT2D eigenvalue weighted by Crippen LogP contribution is 2.09. The minimum Gasteiger partial charge on any atom is -0.480 e. The Morgan fingerprint density at radius 2 is 1.71 bits per heavy atom. The number of carboxylic acids is 1. The van der Waals surface area contributed by atoms with Gasteiger partial charge in [0.05, 0.1) is 0 Å². The predicted octanol–water partition coefficient (Wildman–Crippen LogP) is 0.206. The van der Waals surface area contributed by atoms with Crippen molar-refractivity contribution in [2.24, 2.45) is 5.73 Å². The number of rotatable bonds is 6. The van der Waals surface area contributed by atoms with Crippen LogP contribution in [0.25, 0.3) is 0 Å². The third-order valence-electron chi connectivity index (χ3n) is 3.44. The summed E-state index contributed by atoms with van der Waals surface area (Å²) in [6, 6.07) is 0. The van der Waals surface area contributed by atoms with Gasteiger partial charge in [-0.3, -0.25) is 4.79 Å². The molecule has 0 aromatic heterocycles. The summed E-state index contributed by atoms with van der Waals surface area (Å²) in [4.78, 5) is 15.6. The molecule has 0 saturated carbocycles. The molecule has 0 amide bonds. The summed E-state index contributed by atoms with van der Waals surface area (Å²) in [5, 5.41) is 8.93. The van der Waals surface area contributed by atoms with Crippen LogP contribution >= 0.6 is 0 Å². The molecule has 1 unspecified atom stereocenters. The van der Waals surface area contributed by atoms with Crippen molar-refractivity contribution < 1.29 is 9.90 Å². The van der Waals surface area contributed by atoms with Crippen molar-refractivity contribution in [3.05, 3.63) is 0 Å². The van der Waals surface area contributed by atoms with Gasteiger partial charge in [0.25, 0.3) is 0 Å². The Balaban J connectivity index is 2.25. The van der Waals surface area contributed by atoms with Gasteiger partial charge < -0.3 is 20.6 Å². The van der Waals surface area contributed by atoms with Crippen LogP contribution in [0.3, 0.4) is 0 Å². The Bertz CT molecular complexity index is 248. The van der Waals surface area contributed by atoms with Crippen molar-refractivity contribution in [3.8, 4) is 0 Å². The molecule has 100 valence electrons. The Labute approximate surface area is 104 Å². The maximum absolute atomic E-state index is 10.9. The second-order valence-corrected chi connectivity index (χ2v) is 5.16. The molecule has 1 aliphatic rings. The number of carboxylic acid groups (broad SMARTS) is 1.